The number of carbonyl (C=O) groups is 2. The van der Waals surface area contributed by atoms with Crippen molar-refractivity contribution in [3.05, 3.63) is 18.0 Å². The molecule has 1 aromatic rings. The molecule has 0 aliphatic rings. The third kappa shape index (κ3) is 4.29. The number of ether oxygens (including phenoxy) is 1. The molecule has 19 heavy (non-hydrogen) atoms. The van der Waals surface area contributed by atoms with Crippen molar-refractivity contribution >= 4 is 17.5 Å². The van der Waals surface area contributed by atoms with Crippen molar-refractivity contribution in [3.63, 3.8) is 0 Å². The van der Waals surface area contributed by atoms with Gasteiger partial charge in [0.1, 0.15) is 5.69 Å². The number of methoxy groups -OCH3 is 1. The highest BCUT2D eigenvalue weighted by molar-refractivity contribution is 5.95. The molecule has 3 N–H and O–H groups in total. The van der Waals surface area contributed by atoms with E-state index >= 15 is 0 Å². The van der Waals surface area contributed by atoms with Crippen molar-refractivity contribution in [2.75, 3.05) is 39.6 Å². The molecule has 0 spiro atoms. The van der Waals surface area contributed by atoms with Gasteiger partial charge in [0.15, 0.2) is 0 Å². The van der Waals surface area contributed by atoms with Crippen LogP contribution in [0.25, 0.3) is 0 Å². The minimum atomic E-state index is -0.249. The standard InChI is InChI=1S/C12H20N4O3/c1-15-7-9(13)6-10(15)12(18)16(2)8-11(17)14-4-5-19-3/h6-7H,4-5,8,13H2,1-3H3,(H,14,17). The lowest BCUT2D eigenvalue weighted by molar-refractivity contribution is -0.121. The monoisotopic (exact) mass is 268 g/mol. The minimum Gasteiger partial charge on any atom is -0.397 e. The van der Waals surface area contributed by atoms with E-state index in [4.69, 9.17) is 10.5 Å². The topological polar surface area (TPSA) is 89.6 Å². The van der Waals surface area contributed by atoms with Gasteiger partial charge in [0, 0.05) is 33.9 Å². The lowest BCUT2D eigenvalue weighted by atomic mass is 10.3. The first-order chi connectivity index (χ1) is 8.95. The first kappa shape index (κ1) is 15.0. The summed E-state index contributed by atoms with van der Waals surface area (Å²) >= 11 is 0. The number of nitrogens with two attached hydrogens (primary N) is 1. The van der Waals surface area contributed by atoms with Gasteiger partial charge in [-0.25, -0.2) is 0 Å². The van der Waals surface area contributed by atoms with Crippen LogP contribution in [0.3, 0.4) is 0 Å². The highest BCUT2D eigenvalue weighted by Crippen LogP contribution is 2.10. The molecule has 106 valence electrons. The maximum Gasteiger partial charge on any atom is 0.270 e. The highest BCUT2D eigenvalue weighted by atomic mass is 16.5. The molecule has 0 saturated heterocycles. The summed E-state index contributed by atoms with van der Waals surface area (Å²) < 4.78 is 6.46. The zero-order valence-corrected chi connectivity index (χ0v) is 11.5. The summed E-state index contributed by atoms with van der Waals surface area (Å²) in [5, 5.41) is 2.65. The Morgan fingerprint density at radius 2 is 2.21 bits per heavy atom. The van der Waals surface area contributed by atoms with Gasteiger partial charge in [-0.2, -0.15) is 0 Å². The molecule has 0 radical (unpaired) electrons. The van der Waals surface area contributed by atoms with Crippen LogP contribution >= 0.6 is 0 Å². The van der Waals surface area contributed by atoms with Crippen LogP contribution in [0.4, 0.5) is 5.69 Å². The number of likely N-dealkylation sites (N-methyl/N-ethyl adjacent to an activating group) is 1. The molecular formula is C12H20N4O3. The molecule has 0 aromatic carbocycles. The Bertz CT molecular complexity index is 456. The molecule has 0 fully saturated rings. The van der Waals surface area contributed by atoms with Crippen LogP contribution in [-0.4, -0.2) is 55.1 Å². The largest absolute Gasteiger partial charge is 0.397 e. The van der Waals surface area contributed by atoms with E-state index in [1.54, 1.807) is 38.0 Å². The van der Waals surface area contributed by atoms with E-state index in [0.717, 1.165) is 0 Å². The zero-order chi connectivity index (χ0) is 14.4. The highest BCUT2D eigenvalue weighted by Gasteiger charge is 2.17. The van der Waals surface area contributed by atoms with Crippen molar-refractivity contribution < 1.29 is 14.3 Å². The average molecular weight is 268 g/mol. The molecule has 1 rings (SSSR count). The first-order valence-corrected chi connectivity index (χ1v) is 5.88. The van der Waals surface area contributed by atoms with Gasteiger partial charge in [-0.3, -0.25) is 9.59 Å². The molecule has 0 aliphatic heterocycles. The third-order valence-corrected chi connectivity index (χ3v) is 2.60. The third-order valence-electron chi connectivity index (χ3n) is 2.60. The Morgan fingerprint density at radius 1 is 1.53 bits per heavy atom. The zero-order valence-electron chi connectivity index (χ0n) is 11.5. The van der Waals surface area contributed by atoms with Gasteiger partial charge in [0.05, 0.1) is 18.8 Å². The predicted molar refractivity (Wildman–Crippen MR) is 71.7 cm³/mol. The van der Waals surface area contributed by atoms with Crippen molar-refractivity contribution in [3.8, 4) is 0 Å². The Hall–Kier alpha value is -2.02. The van der Waals surface area contributed by atoms with E-state index in [-0.39, 0.29) is 18.4 Å². The molecule has 0 aliphatic carbocycles. The molecular weight excluding hydrogens is 248 g/mol. The van der Waals surface area contributed by atoms with E-state index in [9.17, 15) is 9.59 Å². The van der Waals surface area contributed by atoms with E-state index < -0.39 is 0 Å². The summed E-state index contributed by atoms with van der Waals surface area (Å²) in [6.07, 6.45) is 1.65. The van der Waals surface area contributed by atoms with Crippen molar-refractivity contribution in [1.82, 2.24) is 14.8 Å². The average Bonchev–Trinajstić information content (AvgIpc) is 2.67. The second-order valence-corrected chi connectivity index (χ2v) is 4.27. The number of nitrogens with zero attached hydrogens (tertiary/aromatic N) is 2. The van der Waals surface area contributed by atoms with Crippen LogP contribution in [0.15, 0.2) is 12.3 Å². The van der Waals surface area contributed by atoms with Gasteiger partial charge in [-0.05, 0) is 6.07 Å². The Morgan fingerprint density at radius 3 is 2.74 bits per heavy atom. The number of hydrogen-bond acceptors (Lipinski definition) is 4. The van der Waals surface area contributed by atoms with Crippen molar-refractivity contribution in [2.24, 2.45) is 7.05 Å². The number of carbonyl (C=O) groups excluding carboxylic acids is 2. The lowest BCUT2D eigenvalue weighted by Gasteiger charge is -2.17. The van der Waals surface area contributed by atoms with Crippen LogP contribution in [0.1, 0.15) is 10.5 Å². The SMILES string of the molecule is COCCNC(=O)CN(C)C(=O)c1cc(N)cn1C. The molecule has 1 aromatic heterocycles. The van der Waals surface area contributed by atoms with Crippen molar-refractivity contribution in [1.29, 1.82) is 0 Å². The van der Waals surface area contributed by atoms with Gasteiger partial charge < -0.3 is 25.3 Å². The number of nitrogen functional groups attached to an aromatic ring is 1. The second kappa shape index (κ2) is 6.79. The molecule has 2 amide bonds. The van der Waals surface area contributed by atoms with Crippen LogP contribution in [0.2, 0.25) is 0 Å². The fourth-order valence-electron chi connectivity index (χ4n) is 1.63. The lowest BCUT2D eigenvalue weighted by Crippen LogP contribution is -2.39. The van der Waals surface area contributed by atoms with Crippen molar-refractivity contribution in [2.45, 2.75) is 0 Å². The molecule has 0 saturated carbocycles. The second-order valence-electron chi connectivity index (χ2n) is 4.27. The quantitative estimate of drug-likeness (QED) is 0.677. The molecule has 7 heteroatoms. The van der Waals surface area contributed by atoms with Gasteiger partial charge in [-0.1, -0.05) is 0 Å². The van der Waals surface area contributed by atoms with E-state index in [1.807, 2.05) is 0 Å². The predicted octanol–water partition coefficient (Wildman–Crippen LogP) is -0.558. The van der Waals surface area contributed by atoms with Gasteiger partial charge in [0.25, 0.3) is 5.91 Å². The summed E-state index contributed by atoms with van der Waals surface area (Å²) in [7, 11) is 4.86. The smallest absolute Gasteiger partial charge is 0.270 e. The summed E-state index contributed by atoms with van der Waals surface area (Å²) in [6, 6.07) is 1.58. The Kier molecular flexibility index (Phi) is 5.37. The van der Waals surface area contributed by atoms with E-state index in [1.165, 1.54) is 4.90 Å². The van der Waals surface area contributed by atoms with Gasteiger partial charge >= 0.3 is 0 Å². The molecule has 7 nitrogen and oxygen atoms in total. The molecule has 0 unspecified atom stereocenters. The summed E-state index contributed by atoms with van der Waals surface area (Å²) in [5.74, 6) is -0.476. The van der Waals surface area contributed by atoms with Gasteiger partial charge in [-0.15, -0.1) is 0 Å². The number of rotatable bonds is 6. The molecule has 0 bridgehead atoms. The normalized spacial score (nSPS) is 10.3. The molecule has 1 heterocycles. The van der Waals surface area contributed by atoms with Crippen LogP contribution in [0, 0.1) is 0 Å². The van der Waals surface area contributed by atoms with E-state index in [0.29, 0.717) is 24.5 Å². The van der Waals surface area contributed by atoms with Crippen LogP contribution in [0.5, 0.6) is 0 Å². The van der Waals surface area contributed by atoms with Crippen LogP contribution in [-0.2, 0) is 16.6 Å². The Balaban J connectivity index is 2.53. The summed E-state index contributed by atoms with van der Waals surface area (Å²) in [6.45, 7) is 0.861. The number of aryl methyl sites for hydroxylation is 1. The number of nitrogens with one attached hydrogen (secondary N) is 1. The first-order valence-electron chi connectivity index (χ1n) is 5.88. The maximum atomic E-state index is 12.1. The summed E-state index contributed by atoms with van der Waals surface area (Å²) in [4.78, 5) is 25.0. The number of hydrogen-bond donors (Lipinski definition) is 2. The minimum absolute atomic E-state index is 0.00632. The number of aromatic nitrogens is 1. The fourth-order valence-corrected chi connectivity index (χ4v) is 1.63. The maximum absolute atomic E-state index is 12.1. The fraction of sp³-hybridized carbons (Fsp3) is 0.500. The number of amides is 2. The van der Waals surface area contributed by atoms with Gasteiger partial charge in [0.2, 0.25) is 5.91 Å². The van der Waals surface area contributed by atoms with Crippen LogP contribution < -0.4 is 11.1 Å². The number of anilines is 1. The summed E-state index contributed by atoms with van der Waals surface area (Å²) in [5.41, 5.74) is 6.58. The van der Waals surface area contributed by atoms with E-state index in [2.05, 4.69) is 5.32 Å². The molecule has 0 atom stereocenters. The Labute approximate surface area is 112 Å².